The summed E-state index contributed by atoms with van der Waals surface area (Å²) >= 11 is 0. The van der Waals surface area contributed by atoms with Gasteiger partial charge in [-0.25, -0.2) is 9.97 Å². The molecule has 1 N–H and O–H groups in total. The maximum atomic E-state index is 12.5. The highest BCUT2D eigenvalue weighted by Crippen LogP contribution is 2.13. The van der Waals surface area contributed by atoms with E-state index >= 15 is 0 Å². The second kappa shape index (κ2) is 7.31. The summed E-state index contributed by atoms with van der Waals surface area (Å²) in [6, 6.07) is 1.48. The number of carbonyl (C=O) groups is 1. The van der Waals surface area contributed by atoms with E-state index in [2.05, 4.69) is 19.9 Å². The van der Waals surface area contributed by atoms with Gasteiger partial charge < -0.3 is 14.6 Å². The first-order chi connectivity index (χ1) is 11.6. The molecule has 1 aliphatic rings. The zero-order valence-corrected chi connectivity index (χ0v) is 13.4. The number of hydrogen-bond donors (Lipinski definition) is 1. The average molecular weight is 329 g/mol. The highest BCUT2D eigenvalue weighted by molar-refractivity contribution is 5.92. The van der Waals surface area contributed by atoms with E-state index in [1.165, 1.54) is 18.6 Å². The van der Waals surface area contributed by atoms with Crippen LogP contribution in [0.4, 0.5) is 0 Å². The van der Waals surface area contributed by atoms with Crippen molar-refractivity contribution < 1.29 is 9.53 Å². The van der Waals surface area contributed by atoms with Crippen molar-refractivity contribution in [3.8, 4) is 0 Å². The normalized spacial score (nSPS) is 17.7. The fourth-order valence-electron chi connectivity index (χ4n) is 2.60. The molecular formula is C16H19N5O3. The first-order valence-corrected chi connectivity index (χ1v) is 7.85. The van der Waals surface area contributed by atoms with Gasteiger partial charge in [-0.3, -0.25) is 14.6 Å². The van der Waals surface area contributed by atoms with Crippen LogP contribution in [0.2, 0.25) is 0 Å². The SMILES string of the molecule is Cc1cnc(C(=O)N2CCO[C@@H](CCc3cc(=O)[nH]cn3)C2)cn1. The number of nitrogens with zero attached hydrogens (tertiary/aromatic N) is 4. The van der Waals surface area contributed by atoms with E-state index in [1.54, 1.807) is 11.1 Å². The highest BCUT2D eigenvalue weighted by Gasteiger charge is 2.25. The van der Waals surface area contributed by atoms with Gasteiger partial charge in [-0.05, 0) is 19.8 Å². The molecular weight excluding hydrogens is 310 g/mol. The zero-order chi connectivity index (χ0) is 16.9. The molecule has 3 rings (SSSR count). The third kappa shape index (κ3) is 4.02. The molecule has 0 saturated carbocycles. The van der Waals surface area contributed by atoms with E-state index < -0.39 is 0 Å². The van der Waals surface area contributed by atoms with Crippen LogP contribution in [0, 0.1) is 6.92 Å². The van der Waals surface area contributed by atoms with Crippen LogP contribution in [0.5, 0.6) is 0 Å². The third-order valence-electron chi connectivity index (χ3n) is 3.88. The summed E-state index contributed by atoms with van der Waals surface area (Å²) in [5.41, 5.74) is 1.67. The Hall–Kier alpha value is -2.61. The van der Waals surface area contributed by atoms with Crippen molar-refractivity contribution in [1.82, 2.24) is 24.8 Å². The Bertz CT molecular complexity index is 759. The van der Waals surface area contributed by atoms with Gasteiger partial charge in [0.05, 0.1) is 30.9 Å². The predicted molar refractivity (Wildman–Crippen MR) is 85.6 cm³/mol. The van der Waals surface area contributed by atoms with Crippen LogP contribution >= 0.6 is 0 Å². The molecule has 1 amide bonds. The molecule has 24 heavy (non-hydrogen) atoms. The molecule has 2 aromatic rings. The van der Waals surface area contributed by atoms with Crippen LogP contribution in [0.1, 0.15) is 28.3 Å². The molecule has 0 aromatic carbocycles. The number of amides is 1. The lowest BCUT2D eigenvalue weighted by Gasteiger charge is -2.32. The Labute approximate surface area is 138 Å². The van der Waals surface area contributed by atoms with Gasteiger partial charge in [-0.2, -0.15) is 0 Å². The van der Waals surface area contributed by atoms with Crippen molar-refractivity contribution >= 4 is 5.91 Å². The second-order valence-corrected chi connectivity index (χ2v) is 5.73. The standard InChI is InChI=1S/C16H19N5O3/c1-11-7-18-14(8-17-11)16(23)21-4-5-24-13(9-21)3-2-12-6-15(22)20-10-19-12/h6-8,10,13H,2-5,9H2,1H3,(H,19,20,22)/t13-/m0/s1. The van der Waals surface area contributed by atoms with Crippen molar-refractivity contribution in [2.24, 2.45) is 0 Å². The van der Waals surface area contributed by atoms with Crippen LogP contribution in [0.15, 0.2) is 29.6 Å². The van der Waals surface area contributed by atoms with Crippen LogP contribution < -0.4 is 5.56 Å². The molecule has 0 aliphatic carbocycles. The number of aromatic amines is 1. The molecule has 0 bridgehead atoms. The van der Waals surface area contributed by atoms with Gasteiger partial charge in [0, 0.05) is 31.0 Å². The number of aryl methyl sites for hydroxylation is 2. The molecule has 8 nitrogen and oxygen atoms in total. The summed E-state index contributed by atoms with van der Waals surface area (Å²) in [6.07, 6.45) is 5.72. The number of hydrogen-bond acceptors (Lipinski definition) is 6. The fraction of sp³-hybridized carbons (Fsp3) is 0.438. The first kappa shape index (κ1) is 16.3. The number of morpholine rings is 1. The lowest BCUT2D eigenvalue weighted by atomic mass is 10.1. The maximum absolute atomic E-state index is 12.5. The Morgan fingerprint density at radius 1 is 1.38 bits per heavy atom. The summed E-state index contributed by atoms with van der Waals surface area (Å²) < 4.78 is 5.72. The molecule has 0 radical (unpaired) electrons. The molecule has 0 spiro atoms. The maximum Gasteiger partial charge on any atom is 0.274 e. The lowest BCUT2D eigenvalue weighted by molar-refractivity contribution is -0.0249. The van der Waals surface area contributed by atoms with Gasteiger partial charge >= 0.3 is 0 Å². The summed E-state index contributed by atoms with van der Waals surface area (Å²) in [4.78, 5) is 40.4. The van der Waals surface area contributed by atoms with Crippen molar-refractivity contribution in [2.75, 3.05) is 19.7 Å². The number of ether oxygens (including phenoxy) is 1. The van der Waals surface area contributed by atoms with E-state index in [1.807, 2.05) is 6.92 Å². The Morgan fingerprint density at radius 2 is 2.25 bits per heavy atom. The van der Waals surface area contributed by atoms with E-state index in [9.17, 15) is 9.59 Å². The highest BCUT2D eigenvalue weighted by atomic mass is 16.5. The molecule has 0 unspecified atom stereocenters. The largest absolute Gasteiger partial charge is 0.375 e. The van der Waals surface area contributed by atoms with Crippen LogP contribution in [0.25, 0.3) is 0 Å². The number of aromatic nitrogens is 4. The van der Waals surface area contributed by atoms with Crippen molar-refractivity contribution in [3.05, 3.63) is 52.2 Å². The minimum atomic E-state index is -0.167. The Balaban J connectivity index is 1.58. The van der Waals surface area contributed by atoms with E-state index in [0.717, 1.165) is 11.4 Å². The minimum absolute atomic E-state index is 0.0813. The number of H-pyrrole nitrogens is 1. The van der Waals surface area contributed by atoms with Crippen LogP contribution in [-0.4, -0.2) is 56.5 Å². The molecule has 2 aromatic heterocycles. The second-order valence-electron chi connectivity index (χ2n) is 5.73. The monoisotopic (exact) mass is 329 g/mol. The molecule has 1 aliphatic heterocycles. The average Bonchev–Trinajstić information content (AvgIpc) is 2.60. The van der Waals surface area contributed by atoms with E-state index in [-0.39, 0.29) is 17.6 Å². The molecule has 8 heteroatoms. The Morgan fingerprint density at radius 3 is 3.00 bits per heavy atom. The quantitative estimate of drug-likeness (QED) is 0.868. The van der Waals surface area contributed by atoms with Crippen LogP contribution in [-0.2, 0) is 11.2 Å². The fourth-order valence-corrected chi connectivity index (χ4v) is 2.60. The minimum Gasteiger partial charge on any atom is -0.375 e. The topological polar surface area (TPSA) is 101 Å². The third-order valence-corrected chi connectivity index (χ3v) is 3.88. The number of nitrogens with one attached hydrogen (secondary N) is 1. The summed E-state index contributed by atoms with van der Waals surface area (Å²) in [5.74, 6) is -0.134. The predicted octanol–water partition coefficient (Wildman–Crippen LogP) is 0.342. The first-order valence-electron chi connectivity index (χ1n) is 7.85. The van der Waals surface area contributed by atoms with Crippen molar-refractivity contribution in [2.45, 2.75) is 25.9 Å². The van der Waals surface area contributed by atoms with Gasteiger partial charge in [0.1, 0.15) is 5.69 Å². The van der Waals surface area contributed by atoms with Gasteiger partial charge in [0.2, 0.25) is 0 Å². The van der Waals surface area contributed by atoms with Gasteiger partial charge in [0.15, 0.2) is 0 Å². The summed E-state index contributed by atoms with van der Waals surface area (Å²) in [7, 11) is 0. The summed E-state index contributed by atoms with van der Waals surface area (Å²) in [5, 5.41) is 0. The number of rotatable bonds is 4. The molecule has 1 saturated heterocycles. The van der Waals surface area contributed by atoms with Gasteiger partial charge in [-0.15, -0.1) is 0 Å². The van der Waals surface area contributed by atoms with Crippen molar-refractivity contribution in [1.29, 1.82) is 0 Å². The summed E-state index contributed by atoms with van der Waals surface area (Å²) in [6.45, 7) is 3.35. The Kier molecular flexibility index (Phi) is 4.95. The molecule has 1 atom stereocenters. The smallest absolute Gasteiger partial charge is 0.274 e. The zero-order valence-electron chi connectivity index (χ0n) is 13.4. The van der Waals surface area contributed by atoms with Crippen molar-refractivity contribution in [3.63, 3.8) is 0 Å². The van der Waals surface area contributed by atoms with E-state index in [4.69, 9.17) is 4.74 Å². The number of carbonyl (C=O) groups excluding carboxylic acids is 1. The van der Waals surface area contributed by atoms with Gasteiger partial charge in [-0.1, -0.05) is 0 Å². The van der Waals surface area contributed by atoms with Gasteiger partial charge in [0.25, 0.3) is 11.5 Å². The molecule has 126 valence electrons. The van der Waals surface area contributed by atoms with E-state index in [0.29, 0.717) is 38.2 Å². The molecule has 1 fully saturated rings. The van der Waals surface area contributed by atoms with Crippen LogP contribution in [0.3, 0.4) is 0 Å². The lowest BCUT2D eigenvalue weighted by Crippen LogP contribution is -2.46. The molecule has 3 heterocycles.